The minimum absolute atomic E-state index is 0.577. The van der Waals surface area contributed by atoms with Gasteiger partial charge in [0.15, 0.2) is 40.8 Å². The van der Waals surface area contributed by atoms with Crippen molar-refractivity contribution in [2.75, 3.05) is 0 Å². The first-order valence-electron chi connectivity index (χ1n) is 36.5. The molecule has 0 saturated carbocycles. The molecule has 12 nitrogen and oxygen atoms in total. The van der Waals surface area contributed by atoms with Crippen LogP contribution < -0.4 is 0 Å². The van der Waals surface area contributed by atoms with Gasteiger partial charge in [-0.15, -0.1) is 0 Å². The monoisotopic (exact) mass is 1410 g/mol. The molecule has 6 heterocycles. The molecule has 20 rings (SSSR count). The second-order valence-electron chi connectivity index (χ2n) is 26.7. The van der Waals surface area contributed by atoms with E-state index in [9.17, 15) is 0 Å². The Hall–Kier alpha value is -15.1. The molecule has 0 unspecified atom stereocenters. The van der Waals surface area contributed by atoms with E-state index >= 15 is 0 Å². The van der Waals surface area contributed by atoms with Crippen LogP contribution in [-0.2, 0) is 0 Å². The van der Waals surface area contributed by atoms with Crippen LogP contribution in [0.15, 0.2) is 388 Å². The zero-order valence-electron chi connectivity index (χ0n) is 59.3. The predicted octanol–water partition coefficient (Wildman–Crippen LogP) is 23.5. The molecule has 12 heteroatoms. The predicted molar refractivity (Wildman–Crippen MR) is 445 cm³/mol. The highest BCUT2D eigenvalue weighted by atomic mass is 15.2. The van der Waals surface area contributed by atoms with Crippen molar-refractivity contribution < 1.29 is 0 Å². The average Bonchev–Trinajstić information content (AvgIpc) is 1.25. The van der Waals surface area contributed by atoms with E-state index in [2.05, 4.69) is 240 Å². The summed E-state index contributed by atoms with van der Waals surface area (Å²) in [6, 6.07) is 133. The van der Waals surface area contributed by atoms with Gasteiger partial charge >= 0.3 is 0 Å². The first kappa shape index (κ1) is 65.6. The van der Waals surface area contributed by atoms with Gasteiger partial charge < -0.3 is 0 Å². The summed E-state index contributed by atoms with van der Waals surface area (Å²) in [4.78, 5) is 50.2. The van der Waals surface area contributed by atoms with Crippen molar-refractivity contribution in [2.24, 2.45) is 0 Å². The van der Waals surface area contributed by atoms with Crippen molar-refractivity contribution in [3.63, 3.8) is 0 Å². The lowest BCUT2D eigenvalue weighted by Gasteiger charge is -2.13. The fourth-order valence-corrected chi connectivity index (χ4v) is 14.4. The van der Waals surface area contributed by atoms with E-state index < -0.39 is 0 Å². The van der Waals surface area contributed by atoms with Crippen molar-refractivity contribution in [3.8, 4) is 148 Å². The average molecular weight is 1410 g/mol. The molecule has 0 fully saturated rings. The van der Waals surface area contributed by atoms with Crippen molar-refractivity contribution in [1.29, 1.82) is 0 Å². The van der Waals surface area contributed by atoms with Gasteiger partial charge in [0.1, 0.15) is 5.82 Å². The van der Waals surface area contributed by atoms with Crippen molar-refractivity contribution in [3.05, 3.63) is 388 Å². The van der Waals surface area contributed by atoms with E-state index in [1.807, 2.05) is 158 Å². The smallest absolute Gasteiger partial charge is 0.238 e. The summed E-state index contributed by atoms with van der Waals surface area (Å²) in [5, 5.41) is 4.69. The number of nitrogens with zero attached hydrogens (tertiary/aromatic N) is 12. The lowest BCUT2D eigenvalue weighted by atomic mass is 9.99. The maximum Gasteiger partial charge on any atom is 0.238 e. The van der Waals surface area contributed by atoms with Gasteiger partial charge in [-0.25, -0.2) is 39.9 Å². The molecule has 0 amide bonds. The van der Waals surface area contributed by atoms with Crippen LogP contribution in [0.1, 0.15) is 0 Å². The summed E-state index contributed by atoms with van der Waals surface area (Å²) in [6.07, 6.45) is 0. The molecule has 0 aliphatic heterocycles. The molecule has 0 saturated heterocycles. The normalized spacial score (nSPS) is 11.3. The largest absolute Gasteiger partial charge is 0.294 e. The highest BCUT2D eigenvalue weighted by Crippen LogP contribution is 2.38. The van der Waals surface area contributed by atoms with Crippen molar-refractivity contribution in [2.45, 2.75) is 0 Å². The van der Waals surface area contributed by atoms with E-state index in [-0.39, 0.29) is 0 Å². The van der Waals surface area contributed by atoms with Gasteiger partial charge in [0, 0.05) is 83.2 Å². The van der Waals surface area contributed by atoms with Crippen LogP contribution in [0.5, 0.6) is 0 Å². The second-order valence-corrected chi connectivity index (χ2v) is 26.7. The molecular formula is C98H64N12. The van der Waals surface area contributed by atoms with Gasteiger partial charge in [0.25, 0.3) is 0 Å². The molecule has 110 heavy (non-hydrogen) atoms. The number of rotatable bonds is 14. The van der Waals surface area contributed by atoms with Crippen molar-refractivity contribution in [1.82, 2.24) is 59.0 Å². The molecule has 14 aromatic carbocycles. The fraction of sp³-hybridized carbons (Fsp3) is 0. The van der Waals surface area contributed by atoms with E-state index in [1.165, 1.54) is 10.8 Å². The van der Waals surface area contributed by atoms with Crippen LogP contribution in [0.2, 0.25) is 0 Å². The zero-order chi connectivity index (χ0) is 73.1. The van der Waals surface area contributed by atoms with Crippen LogP contribution in [0.3, 0.4) is 0 Å². The van der Waals surface area contributed by atoms with Gasteiger partial charge in [0.05, 0.1) is 39.1 Å². The molecule has 0 bridgehead atoms. The minimum atomic E-state index is 0.577. The van der Waals surface area contributed by atoms with E-state index in [0.29, 0.717) is 46.7 Å². The lowest BCUT2D eigenvalue weighted by molar-refractivity contribution is 0.953. The Morgan fingerprint density at radius 1 is 0.145 bits per heavy atom. The van der Waals surface area contributed by atoms with Gasteiger partial charge in [-0.1, -0.05) is 340 Å². The van der Waals surface area contributed by atoms with Crippen LogP contribution in [0.4, 0.5) is 0 Å². The molecule has 0 spiro atoms. The Balaban J connectivity index is 0.000000149. The van der Waals surface area contributed by atoms with Crippen molar-refractivity contribution >= 4 is 43.6 Å². The Bertz CT molecular complexity index is 6510. The van der Waals surface area contributed by atoms with E-state index in [0.717, 1.165) is 134 Å². The van der Waals surface area contributed by atoms with E-state index in [4.69, 9.17) is 49.8 Å². The first-order chi connectivity index (χ1) is 54.5. The maximum absolute atomic E-state index is 5.18. The Kier molecular flexibility index (Phi) is 17.3. The topological polar surface area (TPSA) is 139 Å². The van der Waals surface area contributed by atoms with Crippen LogP contribution >= 0.6 is 0 Å². The molecule has 516 valence electrons. The van der Waals surface area contributed by atoms with Gasteiger partial charge in [0.2, 0.25) is 5.95 Å². The lowest BCUT2D eigenvalue weighted by Crippen LogP contribution is -2.06. The summed E-state index contributed by atoms with van der Waals surface area (Å²) < 4.78 is 4.39. The molecule has 6 aromatic heterocycles. The van der Waals surface area contributed by atoms with Crippen LogP contribution in [0.25, 0.3) is 191 Å². The maximum atomic E-state index is 5.18. The number of benzene rings is 14. The number of hydrogen-bond donors (Lipinski definition) is 0. The molecular weight excluding hydrogens is 1350 g/mol. The number of aromatic nitrogens is 12. The standard InChI is InChI=1S/2C49H32N6/c1-4-15-34(16-5-1)46-50-42(32-45(51-46)55-43-25-12-10-23-40(43)41-24-11-13-26-44(41)55)39-22-14-21-38(31-39)33-27-29-37(30-28-33)49-53-47(35-17-6-2-7-18-35)52-48(54-49)36-19-8-3-9-20-36;1-4-15-34(16-5-1)42-32-43(51-46(50-42)35-17-6-2-7-18-35)39-22-14-21-38(31-39)33-27-29-37(30-28-33)48-52-47(36-19-8-3-9-20-36)53-49(54-48)55-44-25-12-10-23-40(44)41-24-11-13-26-45(41)55/h2*1-32H. The summed E-state index contributed by atoms with van der Waals surface area (Å²) in [6.45, 7) is 0. The zero-order valence-corrected chi connectivity index (χ0v) is 59.3. The third-order valence-corrected chi connectivity index (χ3v) is 19.8. The summed E-state index contributed by atoms with van der Waals surface area (Å²) in [7, 11) is 0. The Labute approximate surface area is 634 Å². The fourth-order valence-electron chi connectivity index (χ4n) is 14.4. The quantitative estimate of drug-likeness (QED) is 0.103. The number of fused-ring (bicyclic) bond motifs is 6. The van der Waals surface area contributed by atoms with Gasteiger partial charge in [-0.2, -0.15) is 9.97 Å². The third-order valence-electron chi connectivity index (χ3n) is 19.8. The Morgan fingerprint density at radius 2 is 0.391 bits per heavy atom. The highest BCUT2D eigenvalue weighted by Gasteiger charge is 2.22. The number of hydrogen-bond acceptors (Lipinski definition) is 10. The molecule has 0 atom stereocenters. The van der Waals surface area contributed by atoms with Gasteiger partial charge in [-0.05, 0) is 64.7 Å². The SMILES string of the molecule is c1ccc(-c2cc(-c3cccc(-c4ccc(-c5nc(-c6ccccc6)nc(-n6c7ccccc7c7ccccc76)n5)cc4)c3)nc(-c3ccccc3)n2)cc1.c1ccc(-c2nc(-c3cccc(-c4ccc(-c5nc(-c6ccccc6)nc(-c6ccccc6)n5)cc4)c3)cc(-n3c4ccccc4c4ccccc43)n2)cc1. The first-order valence-corrected chi connectivity index (χ1v) is 36.5. The molecule has 0 radical (unpaired) electrons. The highest BCUT2D eigenvalue weighted by molar-refractivity contribution is 6.10. The Morgan fingerprint density at radius 3 is 0.755 bits per heavy atom. The van der Waals surface area contributed by atoms with Crippen LogP contribution in [0, 0.1) is 0 Å². The molecule has 20 aromatic rings. The minimum Gasteiger partial charge on any atom is -0.294 e. The summed E-state index contributed by atoms with van der Waals surface area (Å²) >= 11 is 0. The molecule has 0 aliphatic rings. The van der Waals surface area contributed by atoms with Gasteiger partial charge in [-0.3, -0.25) is 9.13 Å². The van der Waals surface area contributed by atoms with E-state index in [1.54, 1.807) is 0 Å². The third kappa shape index (κ3) is 13.1. The molecule has 0 aliphatic carbocycles. The molecule has 0 N–H and O–H groups in total. The summed E-state index contributed by atoms with van der Waals surface area (Å²) in [5.41, 5.74) is 20.8. The number of para-hydroxylation sites is 4. The van der Waals surface area contributed by atoms with Crippen LogP contribution in [-0.4, -0.2) is 59.0 Å². The summed E-state index contributed by atoms with van der Waals surface area (Å²) in [5.74, 6) is 5.89. The second kappa shape index (κ2) is 29.1.